The number of nitrogens with zero attached hydrogens (tertiary/aromatic N) is 2. The summed E-state index contributed by atoms with van der Waals surface area (Å²) in [6, 6.07) is 17.1. The van der Waals surface area contributed by atoms with E-state index in [1.165, 1.54) is 14.2 Å². The standard InChI is InChI=1S/C25H20Br2N2O5/c1-32-21-10-8-16(22(25(30)31)23(21)33-2)24-29-19(17-11-15(27)7-9-20(17)34-24)12-18(28-29)13-3-5-14(26)6-4-13/h3-11,19,24H,12H2,1-2H3,(H,30,31)/t19-,24+/m0/s1. The molecule has 0 unspecified atom stereocenters. The Balaban J connectivity index is 1.67. The lowest BCUT2D eigenvalue weighted by Gasteiger charge is -2.38. The van der Waals surface area contributed by atoms with Crippen LogP contribution in [0.25, 0.3) is 0 Å². The highest BCUT2D eigenvalue weighted by Gasteiger charge is 2.43. The van der Waals surface area contributed by atoms with Crippen LogP contribution in [0.3, 0.4) is 0 Å². The highest BCUT2D eigenvalue weighted by Crippen LogP contribution is 2.50. The van der Waals surface area contributed by atoms with E-state index >= 15 is 0 Å². The number of carbonyl (C=O) groups is 1. The highest BCUT2D eigenvalue weighted by atomic mass is 79.9. The van der Waals surface area contributed by atoms with Crippen molar-refractivity contribution in [2.75, 3.05) is 14.2 Å². The number of aromatic carboxylic acids is 1. The molecular weight excluding hydrogens is 568 g/mol. The Kier molecular flexibility index (Phi) is 5.99. The third kappa shape index (κ3) is 3.82. The topological polar surface area (TPSA) is 80.6 Å². The number of fused-ring (bicyclic) bond motifs is 3. The van der Waals surface area contributed by atoms with Crippen LogP contribution in [0.5, 0.6) is 17.2 Å². The molecule has 9 heteroatoms. The molecule has 0 bridgehead atoms. The molecule has 1 N–H and O–H groups in total. The summed E-state index contributed by atoms with van der Waals surface area (Å²) in [5.74, 6) is 0.0306. The maximum atomic E-state index is 12.4. The molecule has 7 nitrogen and oxygen atoms in total. The molecule has 0 aliphatic carbocycles. The van der Waals surface area contributed by atoms with Gasteiger partial charge in [0, 0.05) is 26.5 Å². The largest absolute Gasteiger partial charge is 0.493 e. The molecule has 0 saturated carbocycles. The van der Waals surface area contributed by atoms with Crippen molar-refractivity contribution in [3.05, 3.63) is 85.8 Å². The van der Waals surface area contributed by atoms with E-state index in [4.69, 9.17) is 19.3 Å². The van der Waals surface area contributed by atoms with Gasteiger partial charge in [-0.25, -0.2) is 9.80 Å². The Bertz CT molecular complexity index is 1310. The fraction of sp³-hybridized carbons (Fsp3) is 0.200. The van der Waals surface area contributed by atoms with Crippen molar-refractivity contribution in [1.29, 1.82) is 0 Å². The predicted molar refractivity (Wildman–Crippen MR) is 134 cm³/mol. The van der Waals surface area contributed by atoms with Gasteiger partial charge in [-0.1, -0.05) is 44.0 Å². The van der Waals surface area contributed by atoms with Crippen molar-refractivity contribution in [3.8, 4) is 17.2 Å². The first-order valence-corrected chi connectivity index (χ1v) is 12.1. The summed E-state index contributed by atoms with van der Waals surface area (Å²) >= 11 is 7.03. The molecule has 2 aliphatic rings. The van der Waals surface area contributed by atoms with Crippen LogP contribution >= 0.6 is 31.9 Å². The summed E-state index contributed by atoms with van der Waals surface area (Å²) in [5.41, 5.74) is 3.30. The van der Waals surface area contributed by atoms with Crippen molar-refractivity contribution in [2.24, 2.45) is 5.10 Å². The summed E-state index contributed by atoms with van der Waals surface area (Å²) in [6.07, 6.45) is -0.113. The second-order valence-corrected chi connectivity index (χ2v) is 9.71. The van der Waals surface area contributed by atoms with Gasteiger partial charge in [-0.05, 0) is 48.0 Å². The van der Waals surface area contributed by atoms with Gasteiger partial charge in [0.25, 0.3) is 0 Å². The number of carboxylic acid groups (broad SMARTS) is 1. The molecule has 2 aliphatic heterocycles. The van der Waals surface area contributed by atoms with Gasteiger partial charge in [0.2, 0.25) is 6.23 Å². The molecule has 0 spiro atoms. The molecule has 0 radical (unpaired) electrons. The van der Waals surface area contributed by atoms with Crippen LogP contribution in [0, 0.1) is 0 Å². The maximum Gasteiger partial charge on any atom is 0.340 e. The first-order valence-electron chi connectivity index (χ1n) is 10.5. The number of hydrogen-bond donors (Lipinski definition) is 1. The molecule has 0 amide bonds. The van der Waals surface area contributed by atoms with Crippen molar-refractivity contribution in [1.82, 2.24) is 5.01 Å². The Labute approximate surface area is 213 Å². The van der Waals surface area contributed by atoms with Gasteiger partial charge in [-0.2, -0.15) is 5.10 Å². The average Bonchev–Trinajstić information content (AvgIpc) is 3.29. The van der Waals surface area contributed by atoms with Gasteiger partial charge in [0.15, 0.2) is 11.5 Å². The van der Waals surface area contributed by atoms with Crippen LogP contribution in [0.15, 0.2) is 68.6 Å². The second-order valence-electron chi connectivity index (χ2n) is 7.88. The summed E-state index contributed by atoms with van der Waals surface area (Å²) in [4.78, 5) is 12.4. The highest BCUT2D eigenvalue weighted by molar-refractivity contribution is 9.10. The average molecular weight is 588 g/mol. The van der Waals surface area contributed by atoms with E-state index in [9.17, 15) is 9.90 Å². The minimum Gasteiger partial charge on any atom is -0.493 e. The van der Waals surface area contributed by atoms with Gasteiger partial charge >= 0.3 is 5.97 Å². The number of halogens is 2. The van der Waals surface area contributed by atoms with Gasteiger partial charge in [-0.15, -0.1) is 0 Å². The van der Waals surface area contributed by atoms with Crippen LogP contribution in [-0.4, -0.2) is 36.0 Å². The molecule has 174 valence electrons. The molecule has 3 aromatic carbocycles. The quantitative estimate of drug-likeness (QED) is 0.384. The zero-order chi connectivity index (χ0) is 24.0. The first kappa shape index (κ1) is 22.7. The number of carboxylic acids is 1. The van der Waals surface area contributed by atoms with Crippen LogP contribution in [0.1, 0.15) is 45.7 Å². The molecule has 0 saturated heterocycles. The predicted octanol–water partition coefficient (Wildman–Crippen LogP) is 6.17. The van der Waals surface area contributed by atoms with E-state index in [0.717, 1.165) is 25.8 Å². The lowest BCUT2D eigenvalue weighted by atomic mass is 9.95. The minimum atomic E-state index is -1.14. The lowest BCUT2D eigenvalue weighted by Crippen LogP contribution is -2.34. The van der Waals surface area contributed by atoms with Crippen LogP contribution in [0.2, 0.25) is 0 Å². The number of methoxy groups -OCH3 is 2. The third-order valence-electron chi connectivity index (χ3n) is 5.99. The molecule has 3 aromatic rings. The molecular formula is C25H20Br2N2O5. The molecule has 0 fully saturated rings. The van der Waals surface area contributed by atoms with Crippen LogP contribution in [-0.2, 0) is 0 Å². The van der Waals surface area contributed by atoms with E-state index in [-0.39, 0.29) is 17.4 Å². The number of ether oxygens (including phenoxy) is 3. The van der Waals surface area contributed by atoms with Crippen LogP contribution in [0.4, 0.5) is 0 Å². The Hall–Kier alpha value is -3.04. The van der Waals surface area contributed by atoms with Gasteiger partial charge in [0.05, 0.1) is 26.0 Å². The Morgan fingerprint density at radius 2 is 1.76 bits per heavy atom. The Morgan fingerprint density at radius 3 is 2.44 bits per heavy atom. The van der Waals surface area contributed by atoms with E-state index in [1.54, 1.807) is 12.1 Å². The first-order chi connectivity index (χ1) is 16.4. The Morgan fingerprint density at radius 1 is 1.03 bits per heavy atom. The third-order valence-corrected chi connectivity index (χ3v) is 7.01. The number of benzene rings is 3. The smallest absolute Gasteiger partial charge is 0.340 e. The van der Waals surface area contributed by atoms with E-state index in [1.807, 2.05) is 47.5 Å². The fourth-order valence-corrected chi connectivity index (χ4v) is 5.09. The van der Waals surface area contributed by atoms with E-state index in [0.29, 0.717) is 23.5 Å². The van der Waals surface area contributed by atoms with E-state index in [2.05, 4.69) is 31.9 Å². The monoisotopic (exact) mass is 586 g/mol. The molecule has 0 aromatic heterocycles. The SMILES string of the molecule is COc1ccc([C@H]2Oc3ccc(Br)cc3[C@@H]3CC(c4ccc(Br)cc4)=NN23)c(C(=O)O)c1OC. The number of rotatable bonds is 5. The van der Waals surface area contributed by atoms with Gasteiger partial charge in [-0.3, -0.25) is 0 Å². The zero-order valence-electron chi connectivity index (χ0n) is 18.3. The minimum absolute atomic E-state index is 0.0153. The summed E-state index contributed by atoms with van der Waals surface area (Å²) < 4.78 is 19.1. The van der Waals surface area contributed by atoms with Crippen molar-refractivity contribution in [2.45, 2.75) is 18.7 Å². The van der Waals surface area contributed by atoms with E-state index < -0.39 is 12.2 Å². The van der Waals surface area contributed by atoms with Crippen LogP contribution < -0.4 is 14.2 Å². The summed E-state index contributed by atoms with van der Waals surface area (Å²) in [7, 11) is 2.89. The van der Waals surface area contributed by atoms with Gasteiger partial charge < -0.3 is 19.3 Å². The summed E-state index contributed by atoms with van der Waals surface area (Å²) in [6.45, 7) is 0. The van der Waals surface area contributed by atoms with Crippen molar-refractivity contribution >= 4 is 43.5 Å². The summed E-state index contributed by atoms with van der Waals surface area (Å²) in [5, 5.41) is 16.9. The number of hydrazone groups is 1. The normalized spacial score (nSPS) is 18.5. The molecule has 5 rings (SSSR count). The second kappa shape index (κ2) is 8.96. The van der Waals surface area contributed by atoms with Crippen molar-refractivity contribution in [3.63, 3.8) is 0 Å². The fourth-order valence-electron chi connectivity index (χ4n) is 4.45. The van der Waals surface area contributed by atoms with Gasteiger partial charge in [0.1, 0.15) is 11.3 Å². The maximum absolute atomic E-state index is 12.4. The van der Waals surface area contributed by atoms with Crippen molar-refractivity contribution < 1.29 is 24.1 Å². The number of hydrogen-bond acceptors (Lipinski definition) is 6. The molecule has 34 heavy (non-hydrogen) atoms. The zero-order valence-corrected chi connectivity index (χ0v) is 21.5. The molecule has 2 heterocycles. The molecule has 2 atom stereocenters. The lowest BCUT2D eigenvalue weighted by molar-refractivity contribution is -0.0199.